The molecular formula is C15H14ClN3O2. The molecule has 4 rings (SSSR count). The van der Waals surface area contributed by atoms with Gasteiger partial charge in [-0.1, -0.05) is 6.07 Å². The van der Waals surface area contributed by atoms with Gasteiger partial charge in [0.25, 0.3) is 0 Å². The molecule has 2 aliphatic rings. The zero-order valence-corrected chi connectivity index (χ0v) is 12.1. The summed E-state index contributed by atoms with van der Waals surface area (Å²) in [6.07, 6.45) is 3.11. The highest BCUT2D eigenvalue weighted by atomic mass is 35.5. The number of ether oxygens (including phenoxy) is 2. The Morgan fingerprint density at radius 2 is 2.05 bits per heavy atom. The second kappa shape index (κ2) is 5.07. The first-order chi connectivity index (χ1) is 10.3. The summed E-state index contributed by atoms with van der Waals surface area (Å²) in [4.78, 5) is 8.61. The number of nitrogens with one attached hydrogen (secondary N) is 1. The summed E-state index contributed by atoms with van der Waals surface area (Å²) in [7, 11) is 0. The second-order valence-electron chi connectivity index (χ2n) is 5.16. The minimum Gasteiger partial charge on any atom is -0.454 e. The number of hydrogen-bond acceptors (Lipinski definition) is 5. The molecule has 0 saturated heterocycles. The first kappa shape index (κ1) is 12.7. The summed E-state index contributed by atoms with van der Waals surface area (Å²) in [5.74, 6) is 2.44. The summed E-state index contributed by atoms with van der Waals surface area (Å²) in [5.41, 5.74) is 3.38. The molecule has 2 aromatic rings. The van der Waals surface area contributed by atoms with Crippen molar-refractivity contribution < 1.29 is 9.47 Å². The Bertz CT molecular complexity index is 706. The van der Waals surface area contributed by atoms with Crippen LogP contribution < -0.4 is 14.8 Å². The fraction of sp³-hybridized carbons (Fsp3) is 0.333. The second-order valence-corrected chi connectivity index (χ2v) is 5.50. The standard InChI is InChI=1S/C15H14ClN3O2/c16-15-18-11-3-1-2-10(11)14(19-15)17-7-9-4-5-12-13(6-9)21-8-20-12/h4-6H,1-3,7-8H2,(H,17,18,19). The molecule has 1 aromatic carbocycles. The average molecular weight is 304 g/mol. The molecule has 1 N–H and O–H groups in total. The van der Waals surface area contributed by atoms with Gasteiger partial charge >= 0.3 is 0 Å². The van der Waals surface area contributed by atoms with Crippen molar-refractivity contribution in [3.05, 3.63) is 40.3 Å². The summed E-state index contributed by atoms with van der Waals surface area (Å²) < 4.78 is 10.7. The first-order valence-corrected chi connectivity index (χ1v) is 7.35. The largest absolute Gasteiger partial charge is 0.454 e. The van der Waals surface area contributed by atoms with Gasteiger partial charge in [-0.2, -0.15) is 0 Å². The predicted octanol–water partition coefficient (Wildman–Crippen LogP) is 2.96. The van der Waals surface area contributed by atoms with Crippen LogP contribution in [0.3, 0.4) is 0 Å². The van der Waals surface area contributed by atoms with Crippen LogP contribution in [-0.4, -0.2) is 16.8 Å². The van der Waals surface area contributed by atoms with Gasteiger partial charge in [0.05, 0.1) is 5.69 Å². The van der Waals surface area contributed by atoms with Crippen LogP contribution in [0.15, 0.2) is 18.2 Å². The number of aromatic nitrogens is 2. The Morgan fingerprint density at radius 1 is 1.14 bits per heavy atom. The Balaban J connectivity index is 1.55. The zero-order valence-electron chi connectivity index (χ0n) is 11.4. The molecule has 5 nitrogen and oxygen atoms in total. The molecule has 0 radical (unpaired) electrons. The van der Waals surface area contributed by atoms with E-state index in [1.54, 1.807) is 0 Å². The lowest BCUT2D eigenvalue weighted by Crippen LogP contribution is -2.06. The molecule has 0 bridgehead atoms. The fourth-order valence-electron chi connectivity index (χ4n) is 2.79. The molecule has 1 aliphatic carbocycles. The molecule has 0 saturated carbocycles. The molecule has 6 heteroatoms. The highest BCUT2D eigenvalue weighted by molar-refractivity contribution is 6.28. The highest BCUT2D eigenvalue weighted by Gasteiger charge is 2.19. The van der Waals surface area contributed by atoms with Crippen molar-refractivity contribution in [3.63, 3.8) is 0 Å². The fourth-order valence-corrected chi connectivity index (χ4v) is 2.97. The van der Waals surface area contributed by atoms with E-state index in [0.717, 1.165) is 47.8 Å². The van der Waals surface area contributed by atoms with Gasteiger partial charge < -0.3 is 14.8 Å². The van der Waals surface area contributed by atoms with E-state index < -0.39 is 0 Å². The van der Waals surface area contributed by atoms with Crippen molar-refractivity contribution in [2.45, 2.75) is 25.8 Å². The van der Waals surface area contributed by atoms with E-state index in [0.29, 0.717) is 18.6 Å². The Labute approximate surface area is 127 Å². The van der Waals surface area contributed by atoms with Crippen molar-refractivity contribution in [2.75, 3.05) is 12.1 Å². The third kappa shape index (κ3) is 2.38. The number of hydrogen-bond donors (Lipinski definition) is 1. The van der Waals surface area contributed by atoms with Crippen LogP contribution >= 0.6 is 11.6 Å². The number of aryl methyl sites for hydroxylation is 1. The molecule has 0 atom stereocenters. The van der Waals surface area contributed by atoms with Crippen molar-refractivity contribution in [3.8, 4) is 11.5 Å². The molecule has 0 unspecified atom stereocenters. The third-order valence-electron chi connectivity index (χ3n) is 3.80. The van der Waals surface area contributed by atoms with Gasteiger partial charge in [0.1, 0.15) is 5.82 Å². The lowest BCUT2D eigenvalue weighted by molar-refractivity contribution is 0.174. The molecule has 21 heavy (non-hydrogen) atoms. The van der Waals surface area contributed by atoms with Crippen LogP contribution in [0.25, 0.3) is 0 Å². The van der Waals surface area contributed by atoms with Crippen LogP contribution in [0.1, 0.15) is 23.2 Å². The van der Waals surface area contributed by atoms with Gasteiger partial charge in [0.15, 0.2) is 11.5 Å². The maximum Gasteiger partial charge on any atom is 0.231 e. The molecule has 108 valence electrons. The molecule has 1 aromatic heterocycles. The monoisotopic (exact) mass is 303 g/mol. The molecular weight excluding hydrogens is 290 g/mol. The van der Waals surface area contributed by atoms with Crippen LogP contribution in [-0.2, 0) is 19.4 Å². The van der Waals surface area contributed by atoms with Crippen molar-refractivity contribution in [1.82, 2.24) is 9.97 Å². The number of anilines is 1. The first-order valence-electron chi connectivity index (χ1n) is 6.97. The van der Waals surface area contributed by atoms with E-state index in [1.165, 1.54) is 5.56 Å². The van der Waals surface area contributed by atoms with E-state index in [-0.39, 0.29) is 0 Å². The van der Waals surface area contributed by atoms with E-state index in [4.69, 9.17) is 21.1 Å². The van der Waals surface area contributed by atoms with E-state index in [9.17, 15) is 0 Å². The quantitative estimate of drug-likeness (QED) is 0.884. The number of nitrogens with zero attached hydrogens (tertiary/aromatic N) is 2. The van der Waals surface area contributed by atoms with E-state index in [2.05, 4.69) is 15.3 Å². The number of benzene rings is 1. The van der Waals surface area contributed by atoms with Crippen LogP contribution in [0.2, 0.25) is 5.28 Å². The number of rotatable bonds is 3. The smallest absolute Gasteiger partial charge is 0.231 e. The third-order valence-corrected chi connectivity index (χ3v) is 3.97. The van der Waals surface area contributed by atoms with Crippen molar-refractivity contribution in [1.29, 1.82) is 0 Å². The highest BCUT2D eigenvalue weighted by Crippen LogP contribution is 2.33. The number of halogens is 1. The Morgan fingerprint density at radius 3 is 3.00 bits per heavy atom. The molecule has 0 spiro atoms. The van der Waals surface area contributed by atoms with Gasteiger partial charge in [-0.15, -0.1) is 0 Å². The van der Waals surface area contributed by atoms with Crippen LogP contribution in [0, 0.1) is 0 Å². The van der Waals surface area contributed by atoms with Gasteiger partial charge in [0, 0.05) is 12.1 Å². The minimum atomic E-state index is 0.293. The van der Waals surface area contributed by atoms with Crippen molar-refractivity contribution >= 4 is 17.4 Å². The van der Waals surface area contributed by atoms with Gasteiger partial charge in [-0.05, 0) is 48.6 Å². The van der Waals surface area contributed by atoms with Crippen molar-refractivity contribution in [2.24, 2.45) is 0 Å². The van der Waals surface area contributed by atoms with Crippen LogP contribution in [0.5, 0.6) is 11.5 Å². The SMILES string of the molecule is Clc1nc2c(c(NCc3ccc4c(c3)OCO4)n1)CCC2. The van der Waals surface area contributed by atoms with Gasteiger partial charge in [-0.25, -0.2) is 9.97 Å². The lowest BCUT2D eigenvalue weighted by atomic mass is 10.2. The Hall–Kier alpha value is -2.01. The van der Waals surface area contributed by atoms with Crippen LogP contribution in [0.4, 0.5) is 5.82 Å². The normalized spacial score (nSPS) is 15.1. The summed E-state index contributed by atoms with van der Waals surface area (Å²) in [6.45, 7) is 0.956. The maximum atomic E-state index is 5.99. The molecule has 0 fully saturated rings. The summed E-state index contributed by atoms with van der Waals surface area (Å²) >= 11 is 5.99. The summed E-state index contributed by atoms with van der Waals surface area (Å²) in [6, 6.07) is 5.93. The predicted molar refractivity (Wildman–Crippen MR) is 79.0 cm³/mol. The summed E-state index contributed by atoms with van der Waals surface area (Å²) in [5, 5.41) is 3.67. The number of fused-ring (bicyclic) bond motifs is 2. The minimum absolute atomic E-state index is 0.293. The average Bonchev–Trinajstić information content (AvgIpc) is 3.12. The molecule has 0 amide bonds. The van der Waals surface area contributed by atoms with E-state index in [1.807, 2.05) is 18.2 Å². The van der Waals surface area contributed by atoms with Gasteiger partial charge in [0.2, 0.25) is 12.1 Å². The zero-order chi connectivity index (χ0) is 14.2. The Kier molecular flexibility index (Phi) is 3.07. The van der Waals surface area contributed by atoms with E-state index >= 15 is 0 Å². The molecule has 2 heterocycles. The van der Waals surface area contributed by atoms with Gasteiger partial charge in [-0.3, -0.25) is 0 Å². The molecule has 1 aliphatic heterocycles. The topological polar surface area (TPSA) is 56.3 Å². The lowest BCUT2D eigenvalue weighted by Gasteiger charge is -2.10. The maximum absolute atomic E-state index is 5.99.